The molecule has 1 aliphatic rings. The van der Waals surface area contributed by atoms with Crippen LogP contribution in [0, 0.1) is 0 Å². The van der Waals surface area contributed by atoms with E-state index in [9.17, 15) is 4.79 Å². The van der Waals surface area contributed by atoms with Crippen LogP contribution < -0.4 is 20.5 Å². The first-order chi connectivity index (χ1) is 10.0. The van der Waals surface area contributed by atoms with E-state index >= 15 is 0 Å². The zero-order valence-electron chi connectivity index (χ0n) is 12.8. The van der Waals surface area contributed by atoms with Crippen molar-refractivity contribution in [3.63, 3.8) is 0 Å². The molecule has 2 rings (SSSR count). The molecule has 116 valence electrons. The fourth-order valence-corrected chi connectivity index (χ4v) is 2.52. The van der Waals surface area contributed by atoms with Gasteiger partial charge in [0.15, 0.2) is 11.5 Å². The Balaban J connectivity index is 2.31. The van der Waals surface area contributed by atoms with Crippen molar-refractivity contribution in [2.45, 2.75) is 38.6 Å². The number of amides is 1. The van der Waals surface area contributed by atoms with Gasteiger partial charge in [0.2, 0.25) is 5.91 Å². The van der Waals surface area contributed by atoms with Gasteiger partial charge in [-0.15, -0.1) is 0 Å². The van der Waals surface area contributed by atoms with Crippen LogP contribution in [0.1, 0.15) is 38.7 Å². The monoisotopic (exact) mass is 292 g/mol. The van der Waals surface area contributed by atoms with Crippen LogP contribution in [0.2, 0.25) is 0 Å². The second kappa shape index (κ2) is 6.80. The summed E-state index contributed by atoms with van der Waals surface area (Å²) in [5.74, 6) is 1.17. The molecule has 3 N–H and O–H groups in total. The van der Waals surface area contributed by atoms with E-state index in [2.05, 4.69) is 12.2 Å². The molecule has 1 amide bonds. The number of fused-ring (bicyclic) bond motifs is 1. The number of carbonyl (C=O) groups is 1. The standard InChI is InChI=1S/C16H24N2O3/c1-3-7-18-16(2,11-15(17)19)12-5-6-13-14(10-12)21-9-4-8-20-13/h5-6,10,18H,3-4,7-9,11H2,1-2H3,(H2,17,19). The van der Waals surface area contributed by atoms with Crippen molar-refractivity contribution >= 4 is 5.91 Å². The lowest BCUT2D eigenvalue weighted by molar-refractivity contribution is -0.119. The summed E-state index contributed by atoms with van der Waals surface area (Å²) in [6, 6.07) is 5.83. The van der Waals surface area contributed by atoms with Crippen LogP contribution in [0.25, 0.3) is 0 Å². The third-order valence-electron chi connectivity index (χ3n) is 3.68. The molecule has 0 radical (unpaired) electrons. The van der Waals surface area contributed by atoms with E-state index in [-0.39, 0.29) is 12.3 Å². The number of primary amides is 1. The predicted molar refractivity (Wildman–Crippen MR) is 81.5 cm³/mol. The molecule has 1 aromatic rings. The van der Waals surface area contributed by atoms with Crippen molar-refractivity contribution in [1.29, 1.82) is 0 Å². The molecule has 0 fully saturated rings. The number of benzene rings is 1. The Morgan fingerprint density at radius 1 is 1.33 bits per heavy atom. The summed E-state index contributed by atoms with van der Waals surface area (Å²) in [5, 5.41) is 3.42. The lowest BCUT2D eigenvalue weighted by Gasteiger charge is -2.31. The van der Waals surface area contributed by atoms with Gasteiger partial charge in [0.25, 0.3) is 0 Å². The van der Waals surface area contributed by atoms with Gasteiger partial charge in [-0.1, -0.05) is 13.0 Å². The Bertz CT molecular complexity index is 504. The van der Waals surface area contributed by atoms with E-state index < -0.39 is 5.54 Å². The Hall–Kier alpha value is -1.75. The lowest BCUT2D eigenvalue weighted by Crippen LogP contribution is -2.43. The zero-order chi connectivity index (χ0) is 15.3. The minimum absolute atomic E-state index is 0.243. The molecule has 5 nitrogen and oxygen atoms in total. The molecule has 0 spiro atoms. The van der Waals surface area contributed by atoms with E-state index in [0.29, 0.717) is 13.2 Å². The molecule has 1 heterocycles. The summed E-state index contributed by atoms with van der Waals surface area (Å²) in [6.45, 7) is 6.21. The van der Waals surface area contributed by atoms with Crippen LogP contribution in [-0.2, 0) is 10.3 Å². The third-order valence-corrected chi connectivity index (χ3v) is 3.68. The largest absolute Gasteiger partial charge is 0.490 e. The average molecular weight is 292 g/mol. The highest BCUT2D eigenvalue weighted by atomic mass is 16.5. The van der Waals surface area contributed by atoms with Crippen LogP contribution in [0.5, 0.6) is 11.5 Å². The van der Waals surface area contributed by atoms with Gasteiger partial charge in [-0.25, -0.2) is 0 Å². The number of carbonyl (C=O) groups excluding carboxylic acids is 1. The molecule has 0 aliphatic carbocycles. The molecule has 0 aromatic heterocycles. The van der Waals surface area contributed by atoms with Gasteiger partial charge >= 0.3 is 0 Å². The van der Waals surface area contributed by atoms with Gasteiger partial charge in [0.05, 0.1) is 13.2 Å². The predicted octanol–water partition coefficient (Wildman–Crippen LogP) is 1.94. The van der Waals surface area contributed by atoms with Crippen molar-refractivity contribution in [1.82, 2.24) is 5.32 Å². The van der Waals surface area contributed by atoms with Gasteiger partial charge in [0.1, 0.15) is 0 Å². The Morgan fingerprint density at radius 3 is 2.71 bits per heavy atom. The van der Waals surface area contributed by atoms with Crippen LogP contribution in [0.15, 0.2) is 18.2 Å². The first kappa shape index (κ1) is 15.6. The number of ether oxygens (including phenoxy) is 2. The van der Waals surface area contributed by atoms with E-state index in [4.69, 9.17) is 15.2 Å². The highest BCUT2D eigenvalue weighted by Gasteiger charge is 2.29. The van der Waals surface area contributed by atoms with Crippen molar-refractivity contribution < 1.29 is 14.3 Å². The number of rotatable bonds is 6. The Morgan fingerprint density at radius 2 is 2.05 bits per heavy atom. The Labute approximate surface area is 125 Å². The summed E-state index contributed by atoms with van der Waals surface area (Å²) in [6.07, 6.45) is 2.10. The number of nitrogens with two attached hydrogens (primary N) is 1. The molecule has 1 unspecified atom stereocenters. The van der Waals surface area contributed by atoms with Gasteiger partial charge in [-0.2, -0.15) is 0 Å². The summed E-state index contributed by atoms with van der Waals surface area (Å²) < 4.78 is 11.4. The maximum absolute atomic E-state index is 11.4. The normalized spacial score (nSPS) is 16.9. The average Bonchev–Trinajstić information content (AvgIpc) is 2.68. The SMILES string of the molecule is CCCNC(C)(CC(N)=O)c1ccc2c(c1)OCCCO2. The van der Waals surface area contributed by atoms with Crippen LogP contribution in [0.3, 0.4) is 0 Å². The fraction of sp³-hybridized carbons (Fsp3) is 0.562. The molecule has 5 heteroatoms. The molecular weight excluding hydrogens is 268 g/mol. The molecule has 21 heavy (non-hydrogen) atoms. The molecule has 1 aliphatic heterocycles. The minimum Gasteiger partial charge on any atom is -0.490 e. The van der Waals surface area contributed by atoms with Crippen LogP contribution in [-0.4, -0.2) is 25.7 Å². The number of nitrogens with one attached hydrogen (secondary N) is 1. The number of hydrogen-bond acceptors (Lipinski definition) is 4. The van der Waals surface area contributed by atoms with Gasteiger partial charge < -0.3 is 20.5 Å². The van der Waals surface area contributed by atoms with Crippen LogP contribution in [0.4, 0.5) is 0 Å². The van der Waals surface area contributed by atoms with E-state index in [1.165, 1.54) is 0 Å². The van der Waals surface area contributed by atoms with Gasteiger partial charge in [-0.05, 0) is 37.6 Å². The molecule has 1 aromatic carbocycles. The lowest BCUT2D eigenvalue weighted by atomic mass is 9.87. The quantitative estimate of drug-likeness (QED) is 0.840. The molecular formula is C16H24N2O3. The van der Waals surface area contributed by atoms with E-state index in [0.717, 1.165) is 36.4 Å². The van der Waals surface area contributed by atoms with Crippen molar-refractivity contribution in [3.05, 3.63) is 23.8 Å². The second-order valence-corrected chi connectivity index (χ2v) is 5.61. The summed E-state index contributed by atoms with van der Waals surface area (Å²) in [7, 11) is 0. The van der Waals surface area contributed by atoms with Crippen molar-refractivity contribution in [2.24, 2.45) is 5.73 Å². The maximum atomic E-state index is 11.4. The summed E-state index contributed by atoms with van der Waals surface area (Å²) >= 11 is 0. The zero-order valence-corrected chi connectivity index (χ0v) is 12.8. The molecule has 0 saturated carbocycles. The van der Waals surface area contributed by atoms with E-state index in [1.54, 1.807) is 0 Å². The highest BCUT2D eigenvalue weighted by molar-refractivity contribution is 5.75. The van der Waals surface area contributed by atoms with Crippen LogP contribution >= 0.6 is 0 Å². The molecule has 1 atom stereocenters. The number of hydrogen-bond donors (Lipinski definition) is 2. The summed E-state index contributed by atoms with van der Waals surface area (Å²) in [5.41, 5.74) is 5.91. The highest BCUT2D eigenvalue weighted by Crippen LogP contribution is 2.35. The van der Waals surface area contributed by atoms with Gasteiger partial charge in [0, 0.05) is 18.4 Å². The van der Waals surface area contributed by atoms with Crippen molar-refractivity contribution in [2.75, 3.05) is 19.8 Å². The fourth-order valence-electron chi connectivity index (χ4n) is 2.52. The maximum Gasteiger partial charge on any atom is 0.219 e. The smallest absolute Gasteiger partial charge is 0.219 e. The minimum atomic E-state index is -0.494. The second-order valence-electron chi connectivity index (χ2n) is 5.61. The third kappa shape index (κ3) is 3.88. The van der Waals surface area contributed by atoms with E-state index in [1.807, 2.05) is 25.1 Å². The first-order valence-corrected chi connectivity index (χ1v) is 7.48. The van der Waals surface area contributed by atoms with Crippen molar-refractivity contribution in [3.8, 4) is 11.5 Å². The van der Waals surface area contributed by atoms with Gasteiger partial charge in [-0.3, -0.25) is 4.79 Å². The molecule has 0 bridgehead atoms. The molecule has 0 saturated heterocycles. The summed E-state index contributed by atoms with van der Waals surface area (Å²) in [4.78, 5) is 11.4. The first-order valence-electron chi connectivity index (χ1n) is 7.48. The topological polar surface area (TPSA) is 73.6 Å². The Kier molecular flexibility index (Phi) is 5.07.